The van der Waals surface area contributed by atoms with Crippen LogP contribution in [-0.2, 0) is 0 Å². The molecule has 0 unspecified atom stereocenters. The molecule has 0 aliphatic carbocycles. The van der Waals surface area contributed by atoms with Gasteiger partial charge in [0.15, 0.2) is 6.29 Å². The molecule has 0 saturated carbocycles. The number of rotatable bonds is 3. The summed E-state index contributed by atoms with van der Waals surface area (Å²) >= 11 is 0. The molecule has 0 heterocycles. The number of aldehydes is 2. The van der Waals surface area contributed by atoms with Crippen molar-refractivity contribution in [2.45, 2.75) is 0 Å². The van der Waals surface area contributed by atoms with Gasteiger partial charge in [0.05, 0.1) is 12.7 Å². The summed E-state index contributed by atoms with van der Waals surface area (Å²) < 4.78 is 17.0. The lowest BCUT2D eigenvalue weighted by molar-refractivity contribution is 0.111. The van der Waals surface area contributed by atoms with Gasteiger partial charge in [-0.15, -0.1) is 0 Å². The topological polar surface area (TPSA) is 43.4 Å². The summed E-state index contributed by atoms with van der Waals surface area (Å²) in [5.74, 6) is 0.304. The van der Waals surface area contributed by atoms with Crippen LogP contribution >= 0.6 is 0 Å². The van der Waals surface area contributed by atoms with E-state index in [2.05, 4.69) is 0 Å². The fraction of sp³-hybridized carbons (Fsp3) is 0.0667. The number of carbonyl (C=O) groups is 2. The molecule has 4 heteroatoms. The van der Waals surface area contributed by atoms with Gasteiger partial charge in [-0.25, -0.2) is 4.39 Å². The first kappa shape index (κ1) is 14.6. The van der Waals surface area contributed by atoms with Crippen LogP contribution in [0.4, 0.5) is 4.39 Å². The molecule has 19 heavy (non-hydrogen) atoms. The second kappa shape index (κ2) is 7.76. The second-order valence-electron chi connectivity index (χ2n) is 3.53. The standard InChI is InChI=1S/C8H8O2.C7H5FO/c1-10-8-5-3-2-4-7(8)6-9;8-7-3-1-6(5-9)2-4-7/h2-6H,1H3;1-5H. The Balaban J connectivity index is 0.000000191. The van der Waals surface area contributed by atoms with Crippen molar-refractivity contribution in [3.05, 3.63) is 65.5 Å². The Labute approximate surface area is 110 Å². The van der Waals surface area contributed by atoms with E-state index in [0.717, 1.165) is 6.29 Å². The summed E-state index contributed by atoms with van der Waals surface area (Å²) in [5, 5.41) is 0. The molecule has 2 rings (SSSR count). The third-order valence-electron chi connectivity index (χ3n) is 2.27. The van der Waals surface area contributed by atoms with E-state index in [1.165, 1.54) is 24.3 Å². The molecule has 2 aromatic rings. The van der Waals surface area contributed by atoms with Crippen molar-refractivity contribution in [2.24, 2.45) is 0 Å². The van der Waals surface area contributed by atoms with Gasteiger partial charge in [0.1, 0.15) is 17.9 Å². The lowest BCUT2D eigenvalue weighted by Crippen LogP contribution is -1.88. The van der Waals surface area contributed by atoms with Gasteiger partial charge < -0.3 is 4.74 Å². The zero-order valence-corrected chi connectivity index (χ0v) is 10.4. The smallest absolute Gasteiger partial charge is 0.153 e. The highest BCUT2D eigenvalue weighted by molar-refractivity contribution is 5.79. The first-order valence-corrected chi connectivity index (χ1v) is 5.50. The highest BCUT2D eigenvalue weighted by atomic mass is 19.1. The maximum absolute atomic E-state index is 12.1. The largest absolute Gasteiger partial charge is 0.496 e. The molecule has 0 fully saturated rings. The van der Waals surface area contributed by atoms with Crippen molar-refractivity contribution in [1.29, 1.82) is 0 Å². The molecular formula is C15H13FO3. The third kappa shape index (κ3) is 4.71. The quantitative estimate of drug-likeness (QED) is 0.796. The summed E-state index contributed by atoms with van der Waals surface area (Å²) in [6, 6.07) is 12.5. The van der Waals surface area contributed by atoms with Crippen molar-refractivity contribution >= 4 is 12.6 Å². The van der Waals surface area contributed by atoms with E-state index in [0.29, 0.717) is 23.2 Å². The molecule has 2 aromatic carbocycles. The maximum Gasteiger partial charge on any atom is 0.153 e. The van der Waals surface area contributed by atoms with Crippen molar-refractivity contribution in [1.82, 2.24) is 0 Å². The van der Waals surface area contributed by atoms with Gasteiger partial charge in [-0.1, -0.05) is 12.1 Å². The van der Waals surface area contributed by atoms with Crippen LogP contribution in [0.2, 0.25) is 0 Å². The molecule has 0 aromatic heterocycles. The van der Waals surface area contributed by atoms with Crippen LogP contribution in [-0.4, -0.2) is 19.7 Å². The molecule has 0 atom stereocenters. The van der Waals surface area contributed by atoms with Crippen LogP contribution < -0.4 is 4.74 Å². The van der Waals surface area contributed by atoms with E-state index < -0.39 is 0 Å². The molecule has 0 radical (unpaired) electrons. The predicted molar refractivity (Wildman–Crippen MR) is 70.2 cm³/mol. The van der Waals surface area contributed by atoms with Crippen molar-refractivity contribution in [3.63, 3.8) is 0 Å². The van der Waals surface area contributed by atoms with Crippen molar-refractivity contribution in [3.8, 4) is 5.75 Å². The Morgan fingerprint density at radius 3 is 2.05 bits per heavy atom. The van der Waals surface area contributed by atoms with Crippen molar-refractivity contribution < 1.29 is 18.7 Å². The first-order valence-electron chi connectivity index (χ1n) is 5.50. The molecule has 0 spiro atoms. The van der Waals surface area contributed by atoms with Crippen LogP contribution in [0.1, 0.15) is 20.7 Å². The minimum atomic E-state index is -0.319. The van der Waals surface area contributed by atoms with Gasteiger partial charge in [-0.05, 0) is 36.4 Å². The summed E-state index contributed by atoms with van der Waals surface area (Å²) in [6.45, 7) is 0. The number of carbonyl (C=O) groups excluding carboxylic acids is 2. The molecule has 0 aliphatic rings. The predicted octanol–water partition coefficient (Wildman–Crippen LogP) is 3.15. The Kier molecular flexibility index (Phi) is 5.95. The van der Waals surface area contributed by atoms with Gasteiger partial charge in [0.2, 0.25) is 0 Å². The highest BCUT2D eigenvalue weighted by Gasteiger charge is 1.96. The summed E-state index contributed by atoms with van der Waals surface area (Å²) in [7, 11) is 1.54. The zero-order valence-electron chi connectivity index (χ0n) is 10.4. The molecule has 3 nitrogen and oxygen atoms in total. The van der Waals surface area contributed by atoms with Crippen LogP contribution in [0.25, 0.3) is 0 Å². The minimum Gasteiger partial charge on any atom is -0.496 e. The van der Waals surface area contributed by atoms with Gasteiger partial charge >= 0.3 is 0 Å². The fourth-order valence-corrected chi connectivity index (χ4v) is 1.31. The number of methoxy groups -OCH3 is 1. The number of ether oxygens (including phenoxy) is 1. The van der Waals surface area contributed by atoms with Crippen LogP contribution in [0.3, 0.4) is 0 Å². The molecule has 0 amide bonds. The average Bonchev–Trinajstić information content (AvgIpc) is 2.48. The van der Waals surface area contributed by atoms with E-state index >= 15 is 0 Å². The SMILES string of the molecule is COc1ccccc1C=O.O=Cc1ccc(F)cc1. The van der Waals surface area contributed by atoms with Gasteiger partial charge in [-0.2, -0.15) is 0 Å². The molecule has 0 aliphatic heterocycles. The minimum absolute atomic E-state index is 0.319. The molecule has 98 valence electrons. The molecule has 0 bridgehead atoms. The van der Waals surface area contributed by atoms with E-state index in [1.807, 2.05) is 6.07 Å². The number of hydrogen-bond acceptors (Lipinski definition) is 3. The number of para-hydroxylation sites is 1. The van der Waals surface area contributed by atoms with E-state index in [-0.39, 0.29) is 5.82 Å². The van der Waals surface area contributed by atoms with Gasteiger partial charge in [0, 0.05) is 5.56 Å². The lowest BCUT2D eigenvalue weighted by Gasteiger charge is -1.99. The van der Waals surface area contributed by atoms with E-state index in [9.17, 15) is 14.0 Å². The zero-order chi connectivity index (χ0) is 14.1. The second-order valence-corrected chi connectivity index (χ2v) is 3.53. The fourth-order valence-electron chi connectivity index (χ4n) is 1.31. The normalized spacial score (nSPS) is 8.95. The Bertz CT molecular complexity index is 535. The number of halogens is 1. The Morgan fingerprint density at radius 2 is 1.58 bits per heavy atom. The van der Waals surface area contributed by atoms with Crippen LogP contribution in [0, 0.1) is 5.82 Å². The van der Waals surface area contributed by atoms with Gasteiger partial charge in [-0.3, -0.25) is 9.59 Å². The lowest BCUT2D eigenvalue weighted by atomic mass is 10.2. The first-order chi connectivity index (χ1) is 9.21. The van der Waals surface area contributed by atoms with Crippen LogP contribution in [0.5, 0.6) is 5.75 Å². The maximum atomic E-state index is 12.1. The van der Waals surface area contributed by atoms with E-state index in [4.69, 9.17) is 4.74 Å². The van der Waals surface area contributed by atoms with Crippen molar-refractivity contribution in [2.75, 3.05) is 7.11 Å². The Morgan fingerprint density at radius 1 is 0.947 bits per heavy atom. The van der Waals surface area contributed by atoms with Gasteiger partial charge in [0.25, 0.3) is 0 Å². The highest BCUT2D eigenvalue weighted by Crippen LogP contribution is 2.13. The number of hydrogen-bond donors (Lipinski definition) is 0. The molecule has 0 N–H and O–H groups in total. The average molecular weight is 260 g/mol. The Hall–Kier alpha value is -2.49. The monoisotopic (exact) mass is 260 g/mol. The van der Waals surface area contributed by atoms with Crippen LogP contribution in [0.15, 0.2) is 48.5 Å². The molecule has 0 saturated heterocycles. The molecular weight excluding hydrogens is 247 g/mol. The summed E-state index contributed by atoms with van der Waals surface area (Å²) in [5.41, 5.74) is 1.08. The summed E-state index contributed by atoms with van der Waals surface area (Å²) in [4.78, 5) is 20.3. The number of benzene rings is 2. The summed E-state index contributed by atoms with van der Waals surface area (Å²) in [6.07, 6.45) is 1.46. The third-order valence-corrected chi connectivity index (χ3v) is 2.27. The van der Waals surface area contributed by atoms with E-state index in [1.54, 1.807) is 25.3 Å².